The van der Waals surface area contributed by atoms with Crippen LogP contribution in [0.25, 0.3) is 0 Å². The van der Waals surface area contributed by atoms with Crippen LogP contribution in [0.5, 0.6) is 0 Å². The summed E-state index contributed by atoms with van der Waals surface area (Å²) in [6.45, 7) is 5.62. The van der Waals surface area contributed by atoms with Gasteiger partial charge in [-0.1, -0.05) is 13.8 Å². The van der Waals surface area contributed by atoms with Crippen LogP contribution in [0.1, 0.15) is 33.6 Å². The van der Waals surface area contributed by atoms with Crippen molar-refractivity contribution in [2.24, 2.45) is 11.8 Å². The minimum absolute atomic E-state index is 0.0410. The Morgan fingerprint density at radius 2 is 1.76 bits per heavy atom. The molecule has 8 heteroatoms. The monoisotopic (exact) mass is 320 g/mol. The number of nitrogens with zero attached hydrogens (tertiary/aromatic N) is 1. The van der Waals surface area contributed by atoms with Gasteiger partial charge in [-0.3, -0.25) is 9.59 Å². The van der Waals surface area contributed by atoms with Crippen molar-refractivity contribution < 1.29 is 23.1 Å². The smallest absolute Gasteiger partial charge is 0.307 e. The molecule has 1 aliphatic rings. The lowest BCUT2D eigenvalue weighted by molar-refractivity contribution is -0.149. The van der Waals surface area contributed by atoms with Crippen molar-refractivity contribution in [3.05, 3.63) is 0 Å². The summed E-state index contributed by atoms with van der Waals surface area (Å²) in [6, 6.07) is -0.147. The Morgan fingerprint density at radius 3 is 2.19 bits per heavy atom. The number of carbonyl (C=O) groups excluding carboxylic acids is 1. The standard InChI is InChI=1S/C13H24N2O5S/c1-4-21(19,20)14-11-5-7-15(8-6-11)12(16)9(2)10(3)13(17)18/h9-11,14H,4-8H2,1-3H3,(H,17,18). The Bertz CT molecular complexity index is 483. The maximum Gasteiger partial charge on any atom is 0.307 e. The molecular formula is C13H24N2O5S. The average Bonchev–Trinajstić information content (AvgIpc) is 2.45. The Labute approximate surface area is 125 Å². The van der Waals surface area contributed by atoms with Gasteiger partial charge in [0.2, 0.25) is 15.9 Å². The Kier molecular flexibility index (Phi) is 6.15. The predicted octanol–water partition coefficient (Wildman–Crippen LogP) is 0.274. The number of carbonyl (C=O) groups is 2. The number of hydrogen-bond acceptors (Lipinski definition) is 4. The fourth-order valence-corrected chi connectivity index (χ4v) is 3.18. The van der Waals surface area contributed by atoms with Gasteiger partial charge in [-0.25, -0.2) is 13.1 Å². The quantitative estimate of drug-likeness (QED) is 0.731. The molecule has 0 aliphatic carbocycles. The van der Waals surface area contributed by atoms with E-state index in [9.17, 15) is 18.0 Å². The van der Waals surface area contributed by atoms with Crippen LogP contribution in [-0.4, -0.2) is 55.2 Å². The number of sulfonamides is 1. The second-order valence-corrected chi connectivity index (χ2v) is 7.58. The van der Waals surface area contributed by atoms with Gasteiger partial charge in [0.25, 0.3) is 0 Å². The SMILES string of the molecule is CCS(=O)(=O)NC1CCN(C(=O)C(C)C(C)C(=O)O)CC1. The highest BCUT2D eigenvalue weighted by Gasteiger charge is 2.32. The minimum atomic E-state index is -3.23. The fourth-order valence-electron chi connectivity index (χ4n) is 2.27. The highest BCUT2D eigenvalue weighted by atomic mass is 32.2. The molecule has 0 bridgehead atoms. The highest BCUT2D eigenvalue weighted by molar-refractivity contribution is 7.89. The van der Waals surface area contributed by atoms with Crippen LogP contribution in [-0.2, 0) is 19.6 Å². The molecule has 1 rings (SSSR count). The molecule has 2 atom stereocenters. The zero-order valence-electron chi connectivity index (χ0n) is 12.7. The second kappa shape index (κ2) is 7.22. The van der Waals surface area contributed by atoms with E-state index in [2.05, 4.69) is 4.72 Å². The number of rotatable bonds is 6. The summed E-state index contributed by atoms with van der Waals surface area (Å²) >= 11 is 0. The number of aliphatic carboxylic acids is 1. The number of nitrogens with one attached hydrogen (secondary N) is 1. The molecule has 0 aromatic carbocycles. The molecule has 1 heterocycles. The first-order chi connectivity index (χ1) is 9.68. The first-order valence-corrected chi connectivity index (χ1v) is 8.84. The third kappa shape index (κ3) is 4.96. The molecule has 0 aromatic rings. The van der Waals surface area contributed by atoms with Crippen LogP contribution in [0.3, 0.4) is 0 Å². The average molecular weight is 320 g/mol. The molecule has 122 valence electrons. The van der Waals surface area contributed by atoms with E-state index < -0.39 is 27.8 Å². The lowest BCUT2D eigenvalue weighted by Gasteiger charge is -2.34. The number of hydrogen-bond donors (Lipinski definition) is 2. The molecule has 0 radical (unpaired) electrons. The van der Waals surface area contributed by atoms with Crippen LogP contribution < -0.4 is 4.72 Å². The van der Waals surface area contributed by atoms with Crippen molar-refractivity contribution >= 4 is 21.9 Å². The third-order valence-electron chi connectivity index (χ3n) is 4.06. The third-order valence-corrected chi connectivity index (χ3v) is 5.51. The Hall–Kier alpha value is -1.15. The molecule has 1 amide bonds. The van der Waals surface area contributed by atoms with E-state index in [1.54, 1.807) is 18.7 Å². The zero-order chi connectivity index (χ0) is 16.2. The van der Waals surface area contributed by atoms with E-state index in [4.69, 9.17) is 5.11 Å². The molecule has 2 unspecified atom stereocenters. The first-order valence-electron chi connectivity index (χ1n) is 7.19. The maximum absolute atomic E-state index is 12.2. The van der Waals surface area contributed by atoms with E-state index in [0.717, 1.165) is 0 Å². The van der Waals surface area contributed by atoms with Gasteiger partial charge >= 0.3 is 5.97 Å². The summed E-state index contributed by atoms with van der Waals surface area (Å²) in [5.74, 6) is -2.43. The number of amides is 1. The molecule has 0 aromatic heterocycles. The predicted molar refractivity (Wildman–Crippen MR) is 78.2 cm³/mol. The van der Waals surface area contributed by atoms with Crippen molar-refractivity contribution in [2.75, 3.05) is 18.8 Å². The van der Waals surface area contributed by atoms with E-state index in [0.29, 0.717) is 25.9 Å². The van der Waals surface area contributed by atoms with Gasteiger partial charge < -0.3 is 10.0 Å². The van der Waals surface area contributed by atoms with Gasteiger partial charge in [-0.05, 0) is 19.8 Å². The fraction of sp³-hybridized carbons (Fsp3) is 0.846. The van der Waals surface area contributed by atoms with Gasteiger partial charge in [0.05, 0.1) is 11.7 Å². The number of carboxylic acids is 1. The van der Waals surface area contributed by atoms with Gasteiger partial charge in [0.1, 0.15) is 0 Å². The molecule has 1 fully saturated rings. The van der Waals surface area contributed by atoms with Crippen molar-refractivity contribution in [3.8, 4) is 0 Å². The van der Waals surface area contributed by atoms with Crippen molar-refractivity contribution in [3.63, 3.8) is 0 Å². The van der Waals surface area contributed by atoms with Crippen LogP contribution >= 0.6 is 0 Å². The van der Waals surface area contributed by atoms with Crippen LogP contribution in [0.2, 0.25) is 0 Å². The summed E-state index contributed by atoms with van der Waals surface area (Å²) in [7, 11) is -3.23. The van der Waals surface area contributed by atoms with Gasteiger partial charge in [-0.15, -0.1) is 0 Å². The topological polar surface area (TPSA) is 104 Å². The van der Waals surface area contributed by atoms with Crippen LogP contribution in [0.4, 0.5) is 0 Å². The summed E-state index contributed by atoms with van der Waals surface area (Å²) < 4.78 is 25.6. The van der Waals surface area contributed by atoms with Gasteiger partial charge in [-0.2, -0.15) is 0 Å². The van der Waals surface area contributed by atoms with Gasteiger partial charge in [0, 0.05) is 25.0 Å². The largest absolute Gasteiger partial charge is 0.481 e. The Morgan fingerprint density at radius 1 is 1.24 bits per heavy atom. The maximum atomic E-state index is 12.2. The number of likely N-dealkylation sites (tertiary alicyclic amines) is 1. The lowest BCUT2D eigenvalue weighted by atomic mass is 9.93. The van der Waals surface area contributed by atoms with E-state index >= 15 is 0 Å². The second-order valence-electron chi connectivity index (χ2n) is 5.54. The Balaban J connectivity index is 2.53. The molecule has 1 aliphatic heterocycles. The molecule has 1 saturated heterocycles. The molecule has 21 heavy (non-hydrogen) atoms. The van der Waals surface area contributed by atoms with Gasteiger partial charge in [0.15, 0.2) is 0 Å². The number of piperidine rings is 1. The highest BCUT2D eigenvalue weighted by Crippen LogP contribution is 2.19. The van der Waals surface area contributed by atoms with Crippen molar-refractivity contribution in [1.82, 2.24) is 9.62 Å². The summed E-state index contributed by atoms with van der Waals surface area (Å²) in [4.78, 5) is 24.8. The van der Waals surface area contributed by atoms with E-state index in [-0.39, 0.29) is 17.7 Å². The molecule has 0 saturated carbocycles. The summed E-state index contributed by atoms with van der Waals surface area (Å²) in [6.07, 6.45) is 1.11. The van der Waals surface area contributed by atoms with Crippen LogP contribution in [0.15, 0.2) is 0 Å². The number of carboxylic acid groups (broad SMARTS) is 1. The lowest BCUT2D eigenvalue weighted by Crippen LogP contribution is -2.49. The van der Waals surface area contributed by atoms with Crippen molar-refractivity contribution in [1.29, 1.82) is 0 Å². The molecule has 7 nitrogen and oxygen atoms in total. The van der Waals surface area contributed by atoms with E-state index in [1.165, 1.54) is 6.92 Å². The normalized spacial score (nSPS) is 20.0. The molecule has 2 N–H and O–H groups in total. The van der Waals surface area contributed by atoms with Crippen LogP contribution in [0, 0.1) is 11.8 Å². The minimum Gasteiger partial charge on any atom is -0.481 e. The summed E-state index contributed by atoms with van der Waals surface area (Å²) in [5, 5.41) is 8.95. The zero-order valence-corrected chi connectivity index (χ0v) is 13.5. The molecular weight excluding hydrogens is 296 g/mol. The molecule has 0 spiro atoms. The first kappa shape index (κ1) is 17.9. The summed E-state index contributed by atoms with van der Waals surface area (Å²) in [5.41, 5.74) is 0. The van der Waals surface area contributed by atoms with Crippen molar-refractivity contribution in [2.45, 2.75) is 39.7 Å². The van der Waals surface area contributed by atoms with E-state index in [1.807, 2.05) is 0 Å².